The molecule has 4 aromatic rings. The summed E-state index contributed by atoms with van der Waals surface area (Å²) in [5.41, 5.74) is 3.10. The molecule has 0 spiro atoms. The monoisotopic (exact) mass is 515 g/mol. The number of amides is 1. The number of aromatic carboxylic acids is 1. The number of carbonyl (C=O) groups is 2. The van der Waals surface area contributed by atoms with Gasteiger partial charge in [0, 0.05) is 30.9 Å². The zero-order chi connectivity index (χ0) is 27.0. The number of carboxylic acids is 1. The number of alkyl carbamates (subject to hydrolysis) is 1. The molecule has 1 saturated heterocycles. The van der Waals surface area contributed by atoms with Gasteiger partial charge in [-0.1, -0.05) is 19.1 Å². The van der Waals surface area contributed by atoms with E-state index in [1.165, 1.54) is 0 Å². The Balaban J connectivity index is 1.44. The van der Waals surface area contributed by atoms with Crippen LogP contribution in [0.2, 0.25) is 0 Å². The largest absolute Gasteiger partial charge is 0.478 e. The maximum absolute atomic E-state index is 12.2. The number of rotatable bonds is 5. The van der Waals surface area contributed by atoms with Crippen molar-refractivity contribution < 1.29 is 19.4 Å². The second-order valence-corrected chi connectivity index (χ2v) is 10.7. The predicted molar refractivity (Wildman–Crippen MR) is 147 cm³/mol. The number of nitrogens with one attached hydrogen (secondary N) is 1. The minimum atomic E-state index is -0.974. The predicted octanol–water partition coefficient (Wildman–Crippen LogP) is 5.33. The molecule has 0 bridgehead atoms. The quantitative estimate of drug-likeness (QED) is 0.370. The van der Waals surface area contributed by atoms with Crippen molar-refractivity contribution in [3.05, 3.63) is 59.9 Å². The van der Waals surface area contributed by atoms with Crippen LogP contribution in [-0.2, 0) is 11.2 Å². The molecule has 0 atom stereocenters. The van der Waals surface area contributed by atoms with E-state index in [1.807, 2.05) is 44.4 Å². The van der Waals surface area contributed by atoms with Crippen molar-refractivity contribution in [2.75, 3.05) is 18.0 Å². The van der Waals surface area contributed by atoms with Crippen LogP contribution in [-0.4, -0.2) is 56.4 Å². The maximum atomic E-state index is 12.2. The number of aromatic nitrogens is 3. The number of aryl methyl sites for hydroxylation is 1. The standard InChI is InChI=1S/C29H33N5O4/c1-5-24-31-21-17-19(27(35)36)9-11-22(21)34(24)25-12-10-18-7-6-8-23(26(18)32-25)33-15-13-20(14-16-33)30-28(37)38-29(2,3)4/h6-12,17,20H,5,13-16H2,1-4H3,(H,30,37)(H,35,36). The number of piperidine rings is 1. The van der Waals surface area contributed by atoms with Crippen LogP contribution in [0.5, 0.6) is 0 Å². The summed E-state index contributed by atoms with van der Waals surface area (Å²) in [7, 11) is 0. The Hall–Kier alpha value is -4.14. The fourth-order valence-corrected chi connectivity index (χ4v) is 5.00. The highest BCUT2D eigenvalue weighted by Gasteiger charge is 2.25. The van der Waals surface area contributed by atoms with E-state index < -0.39 is 11.6 Å². The van der Waals surface area contributed by atoms with Crippen molar-refractivity contribution in [1.82, 2.24) is 19.9 Å². The van der Waals surface area contributed by atoms with Crippen LogP contribution >= 0.6 is 0 Å². The Morgan fingerprint density at radius 2 is 1.84 bits per heavy atom. The Morgan fingerprint density at radius 3 is 2.53 bits per heavy atom. The first-order chi connectivity index (χ1) is 18.1. The molecule has 2 aromatic heterocycles. The number of para-hydroxylation sites is 1. The van der Waals surface area contributed by atoms with Crippen LogP contribution in [0.1, 0.15) is 56.7 Å². The summed E-state index contributed by atoms with van der Waals surface area (Å²) >= 11 is 0. The van der Waals surface area contributed by atoms with Gasteiger partial charge in [0.15, 0.2) is 0 Å². The van der Waals surface area contributed by atoms with Crippen molar-refractivity contribution >= 4 is 39.7 Å². The number of carboxylic acid groups (broad SMARTS) is 1. The number of hydrogen-bond donors (Lipinski definition) is 2. The van der Waals surface area contributed by atoms with Crippen LogP contribution < -0.4 is 10.2 Å². The summed E-state index contributed by atoms with van der Waals surface area (Å²) in [6, 6.07) is 15.3. The van der Waals surface area contributed by atoms with Crippen LogP contribution in [0.4, 0.5) is 10.5 Å². The molecule has 198 valence electrons. The van der Waals surface area contributed by atoms with Crippen molar-refractivity contribution in [3.63, 3.8) is 0 Å². The molecule has 2 N–H and O–H groups in total. The molecule has 1 aliphatic rings. The van der Waals surface area contributed by atoms with Gasteiger partial charge in [0.2, 0.25) is 0 Å². The third-order valence-corrected chi connectivity index (χ3v) is 6.76. The average Bonchev–Trinajstić information content (AvgIpc) is 3.25. The second-order valence-electron chi connectivity index (χ2n) is 10.7. The number of pyridine rings is 1. The van der Waals surface area contributed by atoms with E-state index in [0.717, 1.165) is 59.7 Å². The zero-order valence-electron chi connectivity index (χ0n) is 22.2. The molecule has 1 amide bonds. The second kappa shape index (κ2) is 9.96. The van der Waals surface area contributed by atoms with Crippen LogP contribution in [0.3, 0.4) is 0 Å². The van der Waals surface area contributed by atoms with E-state index in [4.69, 9.17) is 14.7 Å². The lowest BCUT2D eigenvalue weighted by Crippen LogP contribution is -2.46. The molecule has 3 heterocycles. The van der Waals surface area contributed by atoms with Gasteiger partial charge < -0.3 is 20.1 Å². The third kappa shape index (κ3) is 5.14. The number of carbonyl (C=O) groups excluding carboxylic acids is 1. The molecule has 38 heavy (non-hydrogen) atoms. The van der Waals surface area contributed by atoms with Gasteiger partial charge in [0.25, 0.3) is 0 Å². The van der Waals surface area contributed by atoms with Gasteiger partial charge in [-0.3, -0.25) is 4.57 Å². The van der Waals surface area contributed by atoms with Gasteiger partial charge in [0.1, 0.15) is 17.2 Å². The average molecular weight is 516 g/mol. The summed E-state index contributed by atoms with van der Waals surface area (Å²) in [4.78, 5) is 35.8. The lowest BCUT2D eigenvalue weighted by atomic mass is 10.0. The Bertz CT molecular complexity index is 1510. The van der Waals surface area contributed by atoms with Gasteiger partial charge in [-0.25, -0.2) is 19.6 Å². The topological polar surface area (TPSA) is 110 Å². The molecule has 1 aliphatic heterocycles. The van der Waals surface area contributed by atoms with E-state index in [-0.39, 0.29) is 17.7 Å². The number of nitrogens with zero attached hydrogens (tertiary/aromatic N) is 4. The maximum Gasteiger partial charge on any atom is 0.407 e. The van der Waals surface area contributed by atoms with Gasteiger partial charge in [-0.2, -0.15) is 0 Å². The normalized spacial score (nSPS) is 14.7. The minimum absolute atomic E-state index is 0.0692. The summed E-state index contributed by atoms with van der Waals surface area (Å²) in [5, 5.41) is 13.4. The van der Waals surface area contributed by atoms with Crippen molar-refractivity contribution in [2.45, 2.75) is 58.6 Å². The Morgan fingerprint density at radius 1 is 1.08 bits per heavy atom. The van der Waals surface area contributed by atoms with Crippen LogP contribution in [0.15, 0.2) is 48.5 Å². The number of imidazole rings is 1. The van der Waals surface area contributed by atoms with Crippen LogP contribution in [0.25, 0.3) is 27.8 Å². The summed E-state index contributed by atoms with van der Waals surface area (Å²) < 4.78 is 7.42. The minimum Gasteiger partial charge on any atom is -0.478 e. The SMILES string of the molecule is CCc1nc2cc(C(=O)O)ccc2n1-c1ccc2cccc(N3CCC(NC(=O)OC(C)(C)C)CC3)c2n1. The number of anilines is 1. The van der Waals surface area contributed by atoms with Crippen molar-refractivity contribution in [3.8, 4) is 5.82 Å². The lowest BCUT2D eigenvalue weighted by Gasteiger charge is -2.34. The van der Waals surface area contributed by atoms with Gasteiger partial charge >= 0.3 is 12.1 Å². The third-order valence-electron chi connectivity index (χ3n) is 6.76. The molecule has 2 aromatic carbocycles. The summed E-state index contributed by atoms with van der Waals surface area (Å²) in [5.74, 6) is 0.591. The highest BCUT2D eigenvalue weighted by molar-refractivity contribution is 5.94. The van der Waals surface area contributed by atoms with Crippen molar-refractivity contribution in [2.24, 2.45) is 0 Å². The zero-order valence-corrected chi connectivity index (χ0v) is 22.2. The molecule has 0 saturated carbocycles. The molecular formula is C29H33N5O4. The first-order valence-corrected chi connectivity index (χ1v) is 13.0. The van der Waals surface area contributed by atoms with E-state index >= 15 is 0 Å². The van der Waals surface area contributed by atoms with E-state index in [0.29, 0.717) is 11.9 Å². The summed E-state index contributed by atoms with van der Waals surface area (Å²) in [6.45, 7) is 9.19. The smallest absolute Gasteiger partial charge is 0.407 e. The fraction of sp³-hybridized carbons (Fsp3) is 0.379. The van der Waals surface area contributed by atoms with E-state index in [1.54, 1.807) is 18.2 Å². The molecule has 0 aliphatic carbocycles. The fourth-order valence-electron chi connectivity index (χ4n) is 5.00. The molecule has 5 rings (SSSR count). The van der Waals surface area contributed by atoms with E-state index in [9.17, 15) is 14.7 Å². The highest BCUT2D eigenvalue weighted by atomic mass is 16.6. The lowest BCUT2D eigenvalue weighted by molar-refractivity contribution is 0.0496. The molecule has 0 unspecified atom stereocenters. The van der Waals surface area contributed by atoms with Crippen LogP contribution in [0, 0.1) is 0 Å². The summed E-state index contributed by atoms with van der Waals surface area (Å²) in [6.07, 6.45) is 1.93. The highest BCUT2D eigenvalue weighted by Crippen LogP contribution is 2.30. The first kappa shape index (κ1) is 25.5. The Kier molecular flexibility index (Phi) is 6.69. The molecule has 1 fully saturated rings. The number of benzene rings is 2. The first-order valence-electron chi connectivity index (χ1n) is 13.0. The number of ether oxygens (including phenoxy) is 1. The Labute approximate surface area is 221 Å². The van der Waals surface area contributed by atoms with Crippen molar-refractivity contribution in [1.29, 1.82) is 0 Å². The molecular weight excluding hydrogens is 482 g/mol. The van der Waals surface area contributed by atoms with E-state index in [2.05, 4.69) is 28.4 Å². The molecule has 0 radical (unpaired) electrons. The van der Waals surface area contributed by atoms with Gasteiger partial charge in [-0.05, 0) is 70.0 Å². The number of hydrogen-bond acceptors (Lipinski definition) is 6. The molecule has 9 nitrogen and oxygen atoms in total. The van der Waals surface area contributed by atoms with Gasteiger partial charge in [0.05, 0.1) is 27.8 Å². The number of fused-ring (bicyclic) bond motifs is 2. The van der Waals surface area contributed by atoms with Gasteiger partial charge in [-0.15, -0.1) is 0 Å². The molecule has 9 heteroatoms.